The van der Waals surface area contributed by atoms with E-state index in [9.17, 15) is 0 Å². The molecular weight excluding hydrogens is 474 g/mol. The number of hydrogen-bond donors (Lipinski definition) is 1. The summed E-state index contributed by atoms with van der Waals surface area (Å²) in [5.41, 5.74) is 16.9. The van der Waals surface area contributed by atoms with Crippen LogP contribution >= 0.6 is 0 Å². The fraction of sp³-hybridized carbons (Fsp3) is 0. The largest absolute Gasteiger partial charge is 0.397 e. The smallest absolute Gasteiger partial charge is 0.0777 e. The lowest BCUT2D eigenvalue weighted by Gasteiger charge is -2.13. The van der Waals surface area contributed by atoms with E-state index in [0.717, 1.165) is 44.6 Å². The maximum atomic E-state index is 7.08. The second kappa shape index (κ2) is 8.37. The maximum Gasteiger partial charge on any atom is 0.0777 e. The van der Waals surface area contributed by atoms with Gasteiger partial charge in [-0.05, 0) is 54.1 Å². The molecule has 0 radical (unpaired) electrons. The van der Waals surface area contributed by atoms with E-state index in [1.807, 2.05) is 6.07 Å². The molecule has 0 aliphatic carbocycles. The van der Waals surface area contributed by atoms with Gasteiger partial charge >= 0.3 is 0 Å². The number of nitrogens with two attached hydrogens (primary N) is 1. The van der Waals surface area contributed by atoms with Crippen LogP contribution in [0.3, 0.4) is 0 Å². The topological polar surface area (TPSA) is 35.9 Å². The van der Waals surface area contributed by atoms with Crippen molar-refractivity contribution in [2.45, 2.75) is 0 Å². The number of fused-ring (bicyclic) bond motifs is 6. The van der Waals surface area contributed by atoms with Gasteiger partial charge in [0.15, 0.2) is 0 Å². The number of nitrogens with zero attached hydrogens (tertiary/aromatic N) is 2. The van der Waals surface area contributed by atoms with Crippen molar-refractivity contribution in [1.29, 1.82) is 0 Å². The lowest BCUT2D eigenvalue weighted by atomic mass is 9.99. The standard InChI is InChI=1S/C36H25N3/c37-35-27(20-21-30-28-15-7-10-18-33(28)39(36(30)35)26-13-5-2-6-14-26)24-19-22-34-31(23-24)29-16-8-9-17-32(29)38(34)25-11-3-1-4-12-25/h1-23H,37H2. The molecule has 0 saturated heterocycles. The molecule has 39 heavy (non-hydrogen) atoms. The van der Waals surface area contributed by atoms with E-state index in [1.54, 1.807) is 0 Å². The summed E-state index contributed by atoms with van der Waals surface area (Å²) in [4.78, 5) is 0. The molecule has 0 atom stereocenters. The number of anilines is 1. The highest BCUT2D eigenvalue weighted by atomic mass is 15.0. The molecule has 0 fully saturated rings. The van der Waals surface area contributed by atoms with Crippen LogP contribution in [0.5, 0.6) is 0 Å². The minimum Gasteiger partial charge on any atom is -0.397 e. The zero-order chi connectivity index (χ0) is 25.9. The lowest BCUT2D eigenvalue weighted by Crippen LogP contribution is -1.99. The molecule has 3 nitrogen and oxygen atoms in total. The van der Waals surface area contributed by atoms with Crippen LogP contribution in [0.25, 0.3) is 66.1 Å². The van der Waals surface area contributed by atoms with Crippen molar-refractivity contribution in [3.63, 3.8) is 0 Å². The van der Waals surface area contributed by atoms with Crippen molar-refractivity contribution in [1.82, 2.24) is 9.13 Å². The van der Waals surface area contributed by atoms with Gasteiger partial charge in [-0.2, -0.15) is 0 Å². The monoisotopic (exact) mass is 499 g/mol. The zero-order valence-electron chi connectivity index (χ0n) is 21.3. The Morgan fingerprint density at radius 1 is 0.410 bits per heavy atom. The van der Waals surface area contributed by atoms with E-state index >= 15 is 0 Å². The lowest BCUT2D eigenvalue weighted by molar-refractivity contribution is 1.18. The van der Waals surface area contributed by atoms with E-state index in [1.165, 1.54) is 27.2 Å². The molecule has 2 N–H and O–H groups in total. The number of rotatable bonds is 3. The molecule has 0 aliphatic heterocycles. The molecule has 0 aliphatic rings. The Hall–Kier alpha value is -5.28. The molecule has 0 saturated carbocycles. The van der Waals surface area contributed by atoms with Gasteiger partial charge in [-0.3, -0.25) is 0 Å². The first-order valence-corrected chi connectivity index (χ1v) is 13.3. The van der Waals surface area contributed by atoms with E-state index in [4.69, 9.17) is 5.73 Å². The third-order valence-electron chi connectivity index (χ3n) is 7.89. The van der Waals surface area contributed by atoms with Gasteiger partial charge in [-0.1, -0.05) is 91.0 Å². The summed E-state index contributed by atoms with van der Waals surface area (Å²) in [6.07, 6.45) is 0. The third kappa shape index (κ3) is 3.17. The van der Waals surface area contributed by atoms with Crippen LogP contribution in [0.15, 0.2) is 140 Å². The Bertz CT molecular complexity index is 2170. The van der Waals surface area contributed by atoms with Crippen LogP contribution in [0, 0.1) is 0 Å². The summed E-state index contributed by atoms with van der Waals surface area (Å²) in [5.74, 6) is 0. The molecule has 0 amide bonds. The first-order chi connectivity index (χ1) is 19.3. The summed E-state index contributed by atoms with van der Waals surface area (Å²) < 4.78 is 4.64. The molecule has 0 spiro atoms. The molecule has 6 aromatic carbocycles. The second-order valence-electron chi connectivity index (χ2n) is 10.0. The minimum absolute atomic E-state index is 0.790. The molecule has 0 unspecified atom stereocenters. The van der Waals surface area contributed by atoms with Crippen molar-refractivity contribution >= 4 is 49.3 Å². The minimum atomic E-state index is 0.790. The summed E-state index contributed by atoms with van der Waals surface area (Å²) in [6.45, 7) is 0. The molecule has 8 rings (SSSR count). The molecular formula is C36H25N3. The second-order valence-corrected chi connectivity index (χ2v) is 10.0. The Labute approximate surface area is 226 Å². The normalized spacial score (nSPS) is 11.7. The van der Waals surface area contributed by atoms with Crippen molar-refractivity contribution in [2.75, 3.05) is 5.73 Å². The van der Waals surface area contributed by atoms with Crippen molar-refractivity contribution < 1.29 is 0 Å². The van der Waals surface area contributed by atoms with Crippen LogP contribution in [0.2, 0.25) is 0 Å². The number of aromatic nitrogens is 2. The number of nitrogen functional groups attached to an aromatic ring is 1. The molecule has 2 heterocycles. The van der Waals surface area contributed by atoms with E-state index < -0.39 is 0 Å². The highest BCUT2D eigenvalue weighted by molar-refractivity contribution is 6.16. The van der Waals surface area contributed by atoms with Gasteiger partial charge in [0.1, 0.15) is 0 Å². The summed E-state index contributed by atoms with van der Waals surface area (Å²) in [7, 11) is 0. The average Bonchev–Trinajstić information content (AvgIpc) is 3.52. The first kappa shape index (κ1) is 21.8. The van der Waals surface area contributed by atoms with Gasteiger partial charge in [0.25, 0.3) is 0 Å². The Morgan fingerprint density at radius 2 is 0.949 bits per heavy atom. The zero-order valence-corrected chi connectivity index (χ0v) is 21.3. The summed E-state index contributed by atoms with van der Waals surface area (Å²) in [5, 5.41) is 4.82. The number of para-hydroxylation sites is 4. The Kier molecular flexibility index (Phi) is 4.67. The molecule has 3 heteroatoms. The first-order valence-electron chi connectivity index (χ1n) is 13.3. The van der Waals surface area contributed by atoms with E-state index in [-0.39, 0.29) is 0 Å². The van der Waals surface area contributed by atoms with Gasteiger partial charge in [0.05, 0.1) is 27.8 Å². The fourth-order valence-corrected chi connectivity index (χ4v) is 6.18. The van der Waals surface area contributed by atoms with Crippen molar-refractivity contribution in [3.05, 3.63) is 140 Å². The third-order valence-corrected chi connectivity index (χ3v) is 7.89. The number of benzene rings is 6. The molecule has 0 bridgehead atoms. The van der Waals surface area contributed by atoms with Crippen LogP contribution < -0.4 is 5.73 Å². The van der Waals surface area contributed by atoms with Crippen molar-refractivity contribution in [3.8, 4) is 22.5 Å². The van der Waals surface area contributed by atoms with Gasteiger partial charge in [-0.25, -0.2) is 0 Å². The predicted molar refractivity (Wildman–Crippen MR) is 165 cm³/mol. The quantitative estimate of drug-likeness (QED) is 0.242. The SMILES string of the molecule is Nc1c(-c2ccc3c(c2)c2ccccc2n3-c2ccccc2)ccc2c3ccccc3n(-c3ccccc3)c12. The van der Waals surface area contributed by atoms with Gasteiger partial charge < -0.3 is 14.9 Å². The predicted octanol–water partition coefficient (Wildman–Crippen LogP) is 9.13. The van der Waals surface area contributed by atoms with Crippen molar-refractivity contribution in [2.24, 2.45) is 0 Å². The summed E-state index contributed by atoms with van der Waals surface area (Å²) >= 11 is 0. The fourth-order valence-electron chi connectivity index (χ4n) is 6.18. The number of hydrogen-bond acceptors (Lipinski definition) is 1. The average molecular weight is 500 g/mol. The van der Waals surface area contributed by atoms with Crippen LogP contribution in [-0.4, -0.2) is 9.13 Å². The van der Waals surface area contributed by atoms with Crippen LogP contribution in [0.4, 0.5) is 5.69 Å². The maximum absolute atomic E-state index is 7.08. The van der Waals surface area contributed by atoms with Gasteiger partial charge in [0, 0.05) is 38.5 Å². The summed E-state index contributed by atoms with van der Waals surface area (Å²) in [6, 6.07) is 49.3. The highest BCUT2D eigenvalue weighted by Gasteiger charge is 2.18. The molecule has 184 valence electrons. The van der Waals surface area contributed by atoms with E-state index in [0.29, 0.717) is 0 Å². The van der Waals surface area contributed by atoms with Gasteiger partial charge in [0.2, 0.25) is 0 Å². The van der Waals surface area contributed by atoms with Crippen LogP contribution in [-0.2, 0) is 0 Å². The van der Waals surface area contributed by atoms with Gasteiger partial charge in [-0.15, -0.1) is 0 Å². The molecule has 8 aromatic rings. The van der Waals surface area contributed by atoms with E-state index in [2.05, 4.69) is 143 Å². The highest BCUT2D eigenvalue weighted by Crippen LogP contribution is 2.41. The van der Waals surface area contributed by atoms with Crippen LogP contribution in [0.1, 0.15) is 0 Å². The Morgan fingerprint density at radius 3 is 1.64 bits per heavy atom. The molecule has 2 aromatic heterocycles. The Balaban J connectivity index is 1.41.